The molecule has 0 aliphatic carbocycles. The van der Waals surface area contributed by atoms with Crippen molar-refractivity contribution >= 4 is 50.7 Å². The lowest BCUT2D eigenvalue weighted by Gasteiger charge is -2.33. The van der Waals surface area contributed by atoms with Crippen molar-refractivity contribution in [2.75, 3.05) is 24.2 Å². The number of sulfonamides is 1. The molecule has 1 N–H and O–H groups in total. The maximum atomic E-state index is 13.7. The predicted octanol–water partition coefficient (Wildman–Crippen LogP) is 4.49. The summed E-state index contributed by atoms with van der Waals surface area (Å²) in [5.41, 5.74) is 0.850. The summed E-state index contributed by atoms with van der Waals surface area (Å²) >= 11 is 12.2. The highest BCUT2D eigenvalue weighted by Gasteiger charge is 2.32. The summed E-state index contributed by atoms with van der Waals surface area (Å²) in [6.07, 6.45) is 2.05. The molecule has 2 aromatic rings. The molecule has 0 heterocycles. The molecule has 0 aromatic heterocycles. The van der Waals surface area contributed by atoms with Gasteiger partial charge in [-0.2, -0.15) is 0 Å². The van der Waals surface area contributed by atoms with E-state index in [9.17, 15) is 18.0 Å². The topological polar surface area (TPSA) is 96.0 Å². The highest BCUT2D eigenvalue weighted by molar-refractivity contribution is 7.92. The van der Waals surface area contributed by atoms with Gasteiger partial charge in [0.25, 0.3) is 0 Å². The van der Waals surface area contributed by atoms with Gasteiger partial charge in [-0.05, 0) is 55.7 Å². The van der Waals surface area contributed by atoms with Crippen molar-refractivity contribution in [3.63, 3.8) is 0 Å². The first-order valence-corrected chi connectivity index (χ1v) is 14.2. The summed E-state index contributed by atoms with van der Waals surface area (Å²) in [5.74, 6) is -0.262. The molecule has 0 aliphatic heterocycles. The van der Waals surface area contributed by atoms with Gasteiger partial charge in [-0.15, -0.1) is 0 Å². The van der Waals surface area contributed by atoms with Crippen molar-refractivity contribution < 1.29 is 22.7 Å². The average molecular weight is 559 g/mol. The molecule has 0 saturated carbocycles. The molecule has 2 aromatic carbocycles. The smallest absolute Gasteiger partial charge is 0.244 e. The van der Waals surface area contributed by atoms with Crippen LogP contribution in [0.15, 0.2) is 42.5 Å². The van der Waals surface area contributed by atoms with Crippen molar-refractivity contribution in [3.8, 4) is 5.75 Å². The van der Waals surface area contributed by atoms with Gasteiger partial charge in [0.05, 0.1) is 24.1 Å². The zero-order valence-electron chi connectivity index (χ0n) is 21.1. The number of hydrogen-bond acceptors (Lipinski definition) is 5. The van der Waals surface area contributed by atoms with E-state index in [2.05, 4.69) is 5.32 Å². The third-order valence-corrected chi connectivity index (χ3v) is 7.40. The molecular formula is C25H33Cl2N3O5S. The van der Waals surface area contributed by atoms with E-state index in [1.165, 1.54) is 30.2 Å². The van der Waals surface area contributed by atoms with Crippen LogP contribution in [0.3, 0.4) is 0 Å². The molecule has 0 radical (unpaired) electrons. The van der Waals surface area contributed by atoms with Crippen molar-refractivity contribution in [2.45, 2.75) is 52.2 Å². The van der Waals surface area contributed by atoms with Crippen molar-refractivity contribution in [2.24, 2.45) is 0 Å². The van der Waals surface area contributed by atoms with Crippen LogP contribution in [0.2, 0.25) is 10.0 Å². The van der Waals surface area contributed by atoms with Crippen molar-refractivity contribution in [1.29, 1.82) is 0 Å². The van der Waals surface area contributed by atoms with Gasteiger partial charge in [0.2, 0.25) is 21.8 Å². The van der Waals surface area contributed by atoms with E-state index in [-0.39, 0.29) is 29.2 Å². The third-order valence-electron chi connectivity index (χ3n) is 5.73. The molecule has 2 amide bonds. The lowest BCUT2D eigenvalue weighted by Crippen LogP contribution is -2.53. The van der Waals surface area contributed by atoms with Crippen LogP contribution in [0, 0.1) is 0 Å². The van der Waals surface area contributed by atoms with Gasteiger partial charge in [-0.3, -0.25) is 13.9 Å². The Morgan fingerprint density at radius 3 is 2.33 bits per heavy atom. The van der Waals surface area contributed by atoms with Gasteiger partial charge in [-0.25, -0.2) is 8.42 Å². The van der Waals surface area contributed by atoms with E-state index in [1.54, 1.807) is 25.1 Å². The molecule has 0 spiro atoms. The Morgan fingerprint density at radius 2 is 1.78 bits per heavy atom. The summed E-state index contributed by atoms with van der Waals surface area (Å²) in [4.78, 5) is 28.3. The van der Waals surface area contributed by atoms with Crippen LogP contribution in [0.25, 0.3) is 0 Å². The van der Waals surface area contributed by atoms with Gasteiger partial charge in [0.15, 0.2) is 0 Å². The first-order chi connectivity index (χ1) is 16.9. The maximum absolute atomic E-state index is 13.7. The Kier molecular flexibility index (Phi) is 10.9. The first kappa shape index (κ1) is 29.7. The van der Waals surface area contributed by atoms with Gasteiger partial charge in [-0.1, -0.05) is 49.2 Å². The van der Waals surface area contributed by atoms with Crippen LogP contribution in [-0.2, 0) is 26.2 Å². The number of anilines is 1. The standard InChI is InChI=1S/C25H33Cl2N3O5S/c1-6-17(3)28-25(32)22(7-2)29(15-18-9-8-10-20(13-18)35-4)24(31)16-30(36(5,33)34)23-12-11-19(26)14-21(23)27/h8-14,17,22H,6-7,15-16H2,1-5H3,(H,28,32). The fourth-order valence-corrected chi connectivity index (χ4v) is 5.03. The maximum Gasteiger partial charge on any atom is 0.244 e. The van der Waals surface area contributed by atoms with Crippen LogP contribution in [-0.4, -0.2) is 57.1 Å². The number of hydrogen-bond donors (Lipinski definition) is 1. The molecule has 0 bridgehead atoms. The molecule has 36 heavy (non-hydrogen) atoms. The number of nitrogens with one attached hydrogen (secondary N) is 1. The van der Waals surface area contributed by atoms with Crippen LogP contribution < -0.4 is 14.4 Å². The Bertz CT molecular complexity index is 1180. The second-order valence-corrected chi connectivity index (χ2v) is 11.2. The largest absolute Gasteiger partial charge is 0.497 e. The van der Waals surface area contributed by atoms with E-state index >= 15 is 0 Å². The minimum atomic E-state index is -3.90. The van der Waals surface area contributed by atoms with Crippen LogP contribution in [0.4, 0.5) is 5.69 Å². The van der Waals surface area contributed by atoms with Crippen molar-refractivity contribution in [1.82, 2.24) is 10.2 Å². The molecule has 0 fully saturated rings. The summed E-state index contributed by atoms with van der Waals surface area (Å²) in [6, 6.07) is 10.6. The second kappa shape index (κ2) is 13.2. The molecule has 198 valence electrons. The number of carbonyl (C=O) groups is 2. The lowest BCUT2D eigenvalue weighted by atomic mass is 10.1. The Morgan fingerprint density at radius 1 is 1.08 bits per heavy atom. The zero-order chi connectivity index (χ0) is 27.0. The lowest BCUT2D eigenvalue weighted by molar-refractivity contribution is -0.140. The zero-order valence-corrected chi connectivity index (χ0v) is 23.5. The molecule has 0 aliphatic rings. The Labute approximate surface area is 223 Å². The number of rotatable bonds is 12. The number of methoxy groups -OCH3 is 1. The molecule has 8 nitrogen and oxygen atoms in total. The summed E-state index contributed by atoms with van der Waals surface area (Å²) < 4.78 is 31.6. The minimum absolute atomic E-state index is 0.0778. The number of halogens is 2. The monoisotopic (exact) mass is 557 g/mol. The summed E-state index contributed by atoms with van der Waals surface area (Å²) in [5, 5.41) is 3.34. The van der Waals surface area contributed by atoms with E-state index in [0.717, 1.165) is 22.5 Å². The fraction of sp³-hybridized carbons (Fsp3) is 0.440. The molecule has 2 unspecified atom stereocenters. The summed E-state index contributed by atoms with van der Waals surface area (Å²) in [6.45, 7) is 5.17. The van der Waals surface area contributed by atoms with Gasteiger partial charge in [0, 0.05) is 17.6 Å². The molecular weight excluding hydrogens is 525 g/mol. The molecule has 11 heteroatoms. The van der Waals surface area contributed by atoms with E-state index in [0.29, 0.717) is 17.2 Å². The summed E-state index contributed by atoms with van der Waals surface area (Å²) in [7, 11) is -2.37. The predicted molar refractivity (Wildman–Crippen MR) is 144 cm³/mol. The van der Waals surface area contributed by atoms with E-state index in [4.69, 9.17) is 27.9 Å². The number of carbonyl (C=O) groups excluding carboxylic acids is 2. The number of ether oxygens (including phenoxy) is 1. The molecule has 2 atom stereocenters. The fourth-order valence-electron chi connectivity index (χ4n) is 3.61. The average Bonchev–Trinajstić information content (AvgIpc) is 2.82. The van der Waals surface area contributed by atoms with Gasteiger partial charge in [0.1, 0.15) is 18.3 Å². The van der Waals surface area contributed by atoms with E-state index < -0.39 is 28.5 Å². The van der Waals surface area contributed by atoms with Crippen molar-refractivity contribution in [3.05, 3.63) is 58.1 Å². The Hall–Kier alpha value is -2.49. The highest BCUT2D eigenvalue weighted by atomic mass is 35.5. The third kappa shape index (κ3) is 8.01. The van der Waals surface area contributed by atoms with Gasteiger partial charge < -0.3 is 15.0 Å². The van der Waals surface area contributed by atoms with Crippen LogP contribution in [0.1, 0.15) is 39.2 Å². The quantitative estimate of drug-likeness (QED) is 0.414. The first-order valence-electron chi connectivity index (χ1n) is 11.6. The van der Waals surface area contributed by atoms with Crippen LogP contribution in [0.5, 0.6) is 5.75 Å². The van der Waals surface area contributed by atoms with Gasteiger partial charge >= 0.3 is 0 Å². The molecule has 2 rings (SSSR count). The van der Waals surface area contributed by atoms with Crippen LogP contribution >= 0.6 is 23.2 Å². The SMILES string of the molecule is CCC(C)NC(=O)C(CC)N(Cc1cccc(OC)c1)C(=O)CN(c1ccc(Cl)cc1Cl)S(C)(=O)=O. The number of nitrogens with zero attached hydrogens (tertiary/aromatic N) is 2. The molecule has 0 saturated heterocycles. The second-order valence-electron chi connectivity index (χ2n) is 8.48. The van der Waals surface area contributed by atoms with E-state index in [1.807, 2.05) is 19.9 Å². The highest BCUT2D eigenvalue weighted by Crippen LogP contribution is 2.30. The Balaban J connectivity index is 2.49. The normalized spacial score (nSPS) is 13.0. The number of amides is 2. The minimum Gasteiger partial charge on any atom is -0.497 e. The number of benzene rings is 2.